The molecule has 0 radical (unpaired) electrons. The molecule has 5 nitrogen and oxygen atoms in total. The monoisotopic (exact) mass is 300 g/mol. The summed E-state index contributed by atoms with van der Waals surface area (Å²) in [5.74, 6) is -1.22. The van der Waals surface area contributed by atoms with E-state index >= 15 is 0 Å². The molecule has 0 spiro atoms. The van der Waals surface area contributed by atoms with Crippen LogP contribution in [0, 0.1) is 0 Å². The van der Waals surface area contributed by atoms with E-state index in [1.807, 2.05) is 0 Å². The van der Waals surface area contributed by atoms with Crippen LogP contribution in [0.5, 0.6) is 0 Å². The molecule has 0 aliphatic carbocycles. The number of ether oxygens (including phenoxy) is 1. The number of carbonyl (C=O) groups is 2. The number of hydrogen-bond donors (Lipinski definition) is 2. The van der Waals surface area contributed by atoms with Gasteiger partial charge in [-0.05, 0) is 18.2 Å². The van der Waals surface area contributed by atoms with Crippen LogP contribution in [-0.2, 0) is 9.53 Å². The van der Waals surface area contributed by atoms with Crippen LogP contribution in [0.4, 0.5) is 5.69 Å². The summed E-state index contributed by atoms with van der Waals surface area (Å²) in [4.78, 5) is 26.0. The molecular weight excluding hydrogens is 291 g/mol. The average Bonchev–Trinajstić information content (AvgIpc) is 2.76. The molecule has 2 rings (SSSR count). The number of aromatic amines is 1. The third-order valence-electron chi connectivity index (χ3n) is 2.54. The van der Waals surface area contributed by atoms with Gasteiger partial charge in [-0.1, -0.05) is 11.6 Å². The van der Waals surface area contributed by atoms with Gasteiger partial charge >= 0.3 is 5.97 Å². The lowest BCUT2D eigenvalue weighted by Gasteiger charge is -2.04. The van der Waals surface area contributed by atoms with Gasteiger partial charge in [-0.15, -0.1) is 11.6 Å². The Kier molecular flexibility index (Phi) is 3.97. The van der Waals surface area contributed by atoms with Crippen LogP contribution < -0.4 is 5.32 Å². The Balaban J connectivity index is 2.62. The number of rotatable bonds is 3. The van der Waals surface area contributed by atoms with Gasteiger partial charge in [-0.2, -0.15) is 0 Å². The van der Waals surface area contributed by atoms with E-state index in [2.05, 4.69) is 15.0 Å². The number of H-pyrrole nitrogens is 1. The lowest BCUT2D eigenvalue weighted by atomic mass is 10.2. The number of methoxy groups -OCH3 is 1. The topological polar surface area (TPSA) is 71.2 Å². The average molecular weight is 301 g/mol. The van der Waals surface area contributed by atoms with Crippen LogP contribution in [0.25, 0.3) is 10.9 Å². The van der Waals surface area contributed by atoms with Gasteiger partial charge in [0.05, 0.1) is 12.8 Å². The number of benzene rings is 1. The molecule has 0 fully saturated rings. The zero-order chi connectivity index (χ0) is 14.0. The van der Waals surface area contributed by atoms with Crippen molar-refractivity contribution in [1.82, 2.24) is 4.98 Å². The van der Waals surface area contributed by atoms with Crippen molar-refractivity contribution in [2.75, 3.05) is 18.3 Å². The first-order valence-electron chi connectivity index (χ1n) is 5.32. The number of esters is 1. The van der Waals surface area contributed by atoms with Crippen LogP contribution in [0.15, 0.2) is 18.2 Å². The maximum atomic E-state index is 11.7. The van der Waals surface area contributed by atoms with Gasteiger partial charge in [-0.25, -0.2) is 4.79 Å². The van der Waals surface area contributed by atoms with Crippen molar-refractivity contribution in [3.63, 3.8) is 0 Å². The molecule has 0 atom stereocenters. The van der Waals surface area contributed by atoms with Crippen LogP contribution in [-0.4, -0.2) is 29.9 Å². The lowest BCUT2D eigenvalue weighted by molar-refractivity contribution is -0.113. The van der Waals surface area contributed by atoms with Crippen LogP contribution >= 0.6 is 23.2 Å². The van der Waals surface area contributed by atoms with Crippen LogP contribution in [0.1, 0.15) is 10.5 Å². The molecule has 0 aliphatic heterocycles. The second kappa shape index (κ2) is 5.50. The molecule has 2 N–H and O–H groups in total. The smallest absolute Gasteiger partial charge is 0.356 e. The van der Waals surface area contributed by atoms with Gasteiger partial charge < -0.3 is 15.0 Å². The van der Waals surface area contributed by atoms with Gasteiger partial charge in [-0.3, -0.25) is 4.79 Å². The fourth-order valence-electron chi connectivity index (χ4n) is 1.72. The first-order valence-corrected chi connectivity index (χ1v) is 6.23. The molecule has 100 valence electrons. The fourth-order valence-corrected chi connectivity index (χ4v) is 1.96. The Morgan fingerprint density at radius 2 is 2.16 bits per heavy atom. The fraction of sp³-hybridized carbons (Fsp3) is 0.167. The summed E-state index contributed by atoms with van der Waals surface area (Å²) in [6, 6.07) is 5.03. The number of carbonyl (C=O) groups excluding carboxylic acids is 2. The van der Waals surface area contributed by atoms with E-state index in [0.29, 0.717) is 21.6 Å². The summed E-state index contributed by atoms with van der Waals surface area (Å²) >= 11 is 11.4. The van der Waals surface area contributed by atoms with Crippen molar-refractivity contribution < 1.29 is 14.3 Å². The van der Waals surface area contributed by atoms with E-state index in [4.69, 9.17) is 23.2 Å². The largest absolute Gasteiger partial charge is 0.464 e. The minimum atomic E-state index is -0.586. The SMILES string of the molecule is COC(=O)c1[nH]c2ccc(Cl)cc2c1NC(=O)CCl. The highest BCUT2D eigenvalue weighted by Crippen LogP contribution is 2.30. The summed E-state index contributed by atoms with van der Waals surface area (Å²) in [5, 5.41) is 3.67. The Morgan fingerprint density at radius 3 is 2.79 bits per heavy atom. The minimum absolute atomic E-state index is 0.151. The van der Waals surface area contributed by atoms with Crippen LogP contribution in [0.2, 0.25) is 5.02 Å². The number of anilines is 1. The second-order valence-corrected chi connectivity index (χ2v) is 4.44. The zero-order valence-corrected chi connectivity index (χ0v) is 11.4. The van der Waals surface area contributed by atoms with E-state index in [0.717, 1.165) is 0 Å². The standard InChI is InChI=1S/C12H10Cl2N2O3/c1-19-12(18)11-10(16-9(17)5-13)7-4-6(14)2-3-8(7)15-11/h2-4,15H,5H2,1H3,(H,16,17). The lowest BCUT2D eigenvalue weighted by Crippen LogP contribution is -2.15. The quantitative estimate of drug-likeness (QED) is 0.676. The highest BCUT2D eigenvalue weighted by atomic mass is 35.5. The van der Waals surface area contributed by atoms with Crippen molar-refractivity contribution >= 4 is 51.7 Å². The van der Waals surface area contributed by atoms with Crippen molar-refractivity contribution in [1.29, 1.82) is 0 Å². The number of aromatic nitrogens is 1. The van der Waals surface area contributed by atoms with Crippen molar-refractivity contribution in [2.45, 2.75) is 0 Å². The molecule has 1 aromatic carbocycles. The van der Waals surface area contributed by atoms with Gasteiger partial charge in [0.15, 0.2) is 0 Å². The zero-order valence-electron chi connectivity index (χ0n) is 9.92. The summed E-state index contributed by atoms with van der Waals surface area (Å²) < 4.78 is 4.66. The number of hydrogen-bond acceptors (Lipinski definition) is 3. The first-order chi connectivity index (χ1) is 9.06. The van der Waals surface area contributed by atoms with Crippen molar-refractivity contribution in [3.05, 3.63) is 28.9 Å². The molecular formula is C12H10Cl2N2O3. The van der Waals surface area contributed by atoms with Gasteiger partial charge in [0, 0.05) is 15.9 Å². The normalized spacial score (nSPS) is 10.5. The Morgan fingerprint density at radius 1 is 1.42 bits per heavy atom. The molecule has 7 heteroatoms. The molecule has 1 amide bonds. The molecule has 0 unspecified atom stereocenters. The van der Waals surface area contributed by atoms with E-state index in [9.17, 15) is 9.59 Å². The Hall–Kier alpha value is -1.72. The maximum Gasteiger partial charge on any atom is 0.356 e. The highest BCUT2D eigenvalue weighted by molar-refractivity contribution is 6.32. The predicted octanol–water partition coefficient (Wildman–Crippen LogP) is 2.79. The molecule has 0 saturated heterocycles. The van der Waals surface area contributed by atoms with E-state index in [-0.39, 0.29) is 11.6 Å². The Labute approximate surface area is 118 Å². The molecule has 0 saturated carbocycles. The van der Waals surface area contributed by atoms with Crippen LogP contribution in [0.3, 0.4) is 0 Å². The van der Waals surface area contributed by atoms with E-state index < -0.39 is 11.9 Å². The molecule has 0 aliphatic rings. The predicted molar refractivity (Wildman–Crippen MR) is 74.0 cm³/mol. The molecule has 0 bridgehead atoms. The van der Waals surface area contributed by atoms with Gasteiger partial charge in [0.1, 0.15) is 11.6 Å². The molecule has 1 aromatic heterocycles. The van der Waals surface area contributed by atoms with Crippen molar-refractivity contribution in [2.24, 2.45) is 0 Å². The molecule has 2 aromatic rings. The number of fused-ring (bicyclic) bond motifs is 1. The molecule has 19 heavy (non-hydrogen) atoms. The summed E-state index contributed by atoms with van der Waals surface area (Å²) in [6.45, 7) is 0. The summed E-state index contributed by atoms with van der Waals surface area (Å²) in [5.41, 5.74) is 1.13. The highest BCUT2D eigenvalue weighted by Gasteiger charge is 2.20. The molecule has 1 heterocycles. The third-order valence-corrected chi connectivity index (χ3v) is 3.01. The number of nitrogens with one attached hydrogen (secondary N) is 2. The third kappa shape index (κ3) is 2.67. The Bertz CT molecular complexity index is 652. The van der Waals surface area contributed by atoms with Crippen molar-refractivity contribution in [3.8, 4) is 0 Å². The van der Waals surface area contributed by atoms with Gasteiger partial charge in [0.25, 0.3) is 0 Å². The first kappa shape index (κ1) is 13.7. The number of halogens is 2. The second-order valence-electron chi connectivity index (χ2n) is 3.74. The minimum Gasteiger partial charge on any atom is -0.464 e. The van der Waals surface area contributed by atoms with Gasteiger partial charge in [0.2, 0.25) is 5.91 Å². The summed E-state index contributed by atoms with van der Waals surface area (Å²) in [7, 11) is 1.26. The van der Waals surface area contributed by atoms with E-state index in [1.165, 1.54) is 7.11 Å². The summed E-state index contributed by atoms with van der Waals surface area (Å²) in [6.07, 6.45) is 0. The maximum absolute atomic E-state index is 11.7. The van der Waals surface area contributed by atoms with E-state index in [1.54, 1.807) is 18.2 Å². The number of alkyl halides is 1. The number of amides is 1.